The standard InChI is InChI=1S/C18H14BrN3/c19-14-7-4-12(5-8-14)13-6-9-15-17(11-13)22-18(21-15)16-3-1-2-10-20-16/h4-9,11,16,20H,2,10H2,(H,21,22)/t16-/m0/s1. The first-order chi connectivity index (χ1) is 10.8. The maximum atomic E-state index is 4.66. The highest BCUT2D eigenvalue weighted by molar-refractivity contribution is 9.10. The predicted octanol–water partition coefficient (Wildman–Crippen LogP) is 4.03. The lowest BCUT2D eigenvalue weighted by atomic mass is 10.1. The third-order valence-electron chi connectivity index (χ3n) is 3.80. The Hall–Kier alpha value is -2.09. The molecule has 4 heteroatoms. The number of aromatic nitrogens is 2. The van der Waals surface area contributed by atoms with Crippen molar-refractivity contribution in [1.82, 2.24) is 15.3 Å². The third-order valence-corrected chi connectivity index (χ3v) is 4.32. The molecule has 0 radical (unpaired) electrons. The third kappa shape index (κ3) is 2.54. The van der Waals surface area contributed by atoms with Crippen molar-refractivity contribution in [2.75, 3.05) is 6.54 Å². The Morgan fingerprint density at radius 1 is 1.09 bits per heavy atom. The van der Waals surface area contributed by atoms with Gasteiger partial charge in [-0.3, -0.25) is 5.32 Å². The number of fused-ring (bicyclic) bond motifs is 1. The predicted molar refractivity (Wildman–Crippen MR) is 92.4 cm³/mol. The summed E-state index contributed by atoms with van der Waals surface area (Å²) in [5.41, 5.74) is 4.39. The van der Waals surface area contributed by atoms with Crippen molar-refractivity contribution >= 4 is 27.0 Å². The topological polar surface area (TPSA) is 40.7 Å². The van der Waals surface area contributed by atoms with Crippen LogP contribution in [0.3, 0.4) is 0 Å². The largest absolute Gasteiger partial charge is 0.340 e. The van der Waals surface area contributed by atoms with Gasteiger partial charge in [0.2, 0.25) is 0 Å². The summed E-state index contributed by atoms with van der Waals surface area (Å²) in [5.74, 6) is 7.23. The van der Waals surface area contributed by atoms with Crippen LogP contribution >= 0.6 is 15.9 Å². The molecule has 0 saturated carbocycles. The molecule has 1 aromatic heterocycles. The van der Waals surface area contributed by atoms with Crippen molar-refractivity contribution in [1.29, 1.82) is 0 Å². The van der Waals surface area contributed by atoms with Gasteiger partial charge in [-0.15, -0.1) is 0 Å². The number of benzene rings is 2. The second-order valence-electron chi connectivity index (χ2n) is 5.32. The quantitative estimate of drug-likeness (QED) is 0.684. The van der Waals surface area contributed by atoms with Gasteiger partial charge in [0.05, 0.1) is 11.0 Å². The van der Waals surface area contributed by atoms with Crippen LogP contribution in [0.4, 0.5) is 0 Å². The molecule has 1 aliphatic rings. The van der Waals surface area contributed by atoms with Gasteiger partial charge >= 0.3 is 0 Å². The average molecular weight is 352 g/mol. The fraction of sp³-hybridized carbons (Fsp3) is 0.167. The SMILES string of the molecule is Brc1ccc(-c2ccc3nc([C@@H]4C#CCCN4)[nH]c3c2)cc1. The number of halogens is 1. The van der Waals surface area contributed by atoms with Crippen LogP contribution in [0.5, 0.6) is 0 Å². The van der Waals surface area contributed by atoms with E-state index in [1.54, 1.807) is 0 Å². The van der Waals surface area contributed by atoms with Gasteiger partial charge in [-0.2, -0.15) is 0 Å². The van der Waals surface area contributed by atoms with E-state index in [1.165, 1.54) is 11.1 Å². The van der Waals surface area contributed by atoms with Crippen molar-refractivity contribution < 1.29 is 0 Å². The van der Waals surface area contributed by atoms with Gasteiger partial charge in [-0.05, 0) is 35.4 Å². The number of rotatable bonds is 2. The molecule has 0 spiro atoms. The summed E-state index contributed by atoms with van der Waals surface area (Å²) < 4.78 is 1.09. The molecule has 1 atom stereocenters. The number of imidazole rings is 1. The number of nitrogens with one attached hydrogen (secondary N) is 2. The van der Waals surface area contributed by atoms with E-state index in [0.717, 1.165) is 34.3 Å². The molecule has 0 amide bonds. The maximum Gasteiger partial charge on any atom is 0.136 e. The summed E-state index contributed by atoms with van der Waals surface area (Å²) in [4.78, 5) is 8.06. The van der Waals surface area contributed by atoms with Crippen LogP contribution in [0.15, 0.2) is 46.9 Å². The number of aromatic amines is 1. The monoisotopic (exact) mass is 351 g/mol. The van der Waals surface area contributed by atoms with E-state index < -0.39 is 0 Å². The highest BCUT2D eigenvalue weighted by Gasteiger charge is 2.14. The number of hydrogen-bond acceptors (Lipinski definition) is 2. The fourth-order valence-electron chi connectivity index (χ4n) is 2.66. The molecule has 108 valence electrons. The van der Waals surface area contributed by atoms with Gasteiger partial charge in [-0.1, -0.05) is 46.0 Å². The van der Waals surface area contributed by atoms with E-state index in [-0.39, 0.29) is 6.04 Å². The van der Waals surface area contributed by atoms with Crippen LogP contribution in [-0.4, -0.2) is 16.5 Å². The Bertz CT molecular complexity index is 884. The molecule has 0 aliphatic carbocycles. The van der Waals surface area contributed by atoms with Crippen LogP contribution in [-0.2, 0) is 0 Å². The van der Waals surface area contributed by atoms with E-state index in [2.05, 4.69) is 85.5 Å². The lowest BCUT2D eigenvalue weighted by Crippen LogP contribution is -2.24. The van der Waals surface area contributed by atoms with E-state index in [0.29, 0.717) is 0 Å². The van der Waals surface area contributed by atoms with Crippen LogP contribution in [0, 0.1) is 11.8 Å². The molecule has 0 bridgehead atoms. The zero-order valence-electron chi connectivity index (χ0n) is 11.9. The van der Waals surface area contributed by atoms with Gasteiger partial charge < -0.3 is 4.98 Å². The first-order valence-electron chi connectivity index (χ1n) is 7.27. The van der Waals surface area contributed by atoms with Gasteiger partial charge in [0.15, 0.2) is 0 Å². The molecule has 4 rings (SSSR count). The summed E-state index contributed by atoms with van der Waals surface area (Å²) in [5, 5.41) is 3.38. The second-order valence-corrected chi connectivity index (χ2v) is 6.23. The number of nitrogens with zero attached hydrogens (tertiary/aromatic N) is 1. The van der Waals surface area contributed by atoms with Crippen molar-refractivity contribution in [3.8, 4) is 23.0 Å². The summed E-state index contributed by atoms with van der Waals surface area (Å²) in [7, 11) is 0. The highest BCUT2D eigenvalue weighted by Crippen LogP contribution is 2.26. The first kappa shape index (κ1) is 13.6. The molecule has 2 aromatic carbocycles. The Morgan fingerprint density at radius 3 is 2.68 bits per heavy atom. The fourth-order valence-corrected chi connectivity index (χ4v) is 2.92. The summed E-state index contributed by atoms with van der Waals surface area (Å²) in [6.45, 7) is 0.916. The van der Waals surface area contributed by atoms with Crippen LogP contribution < -0.4 is 5.32 Å². The molecule has 3 aromatic rings. The summed E-state index contributed by atoms with van der Waals surface area (Å²) in [6.07, 6.45) is 0.907. The normalized spacial score (nSPS) is 17.2. The molecule has 2 N–H and O–H groups in total. The van der Waals surface area contributed by atoms with Crippen LogP contribution in [0.2, 0.25) is 0 Å². The minimum atomic E-state index is 0.0114. The lowest BCUT2D eigenvalue weighted by molar-refractivity contribution is 0.607. The minimum Gasteiger partial charge on any atom is -0.340 e. The molecule has 0 unspecified atom stereocenters. The van der Waals surface area contributed by atoms with E-state index in [4.69, 9.17) is 0 Å². The molecule has 1 aliphatic heterocycles. The molecular weight excluding hydrogens is 338 g/mol. The van der Waals surface area contributed by atoms with E-state index >= 15 is 0 Å². The Balaban J connectivity index is 1.74. The zero-order valence-corrected chi connectivity index (χ0v) is 13.4. The molecule has 2 heterocycles. The van der Waals surface area contributed by atoms with Crippen molar-refractivity contribution in [2.45, 2.75) is 12.5 Å². The van der Waals surface area contributed by atoms with Crippen molar-refractivity contribution in [3.63, 3.8) is 0 Å². The van der Waals surface area contributed by atoms with Crippen molar-refractivity contribution in [3.05, 3.63) is 52.8 Å². The van der Waals surface area contributed by atoms with Gasteiger partial charge in [0.25, 0.3) is 0 Å². The van der Waals surface area contributed by atoms with Gasteiger partial charge in [0, 0.05) is 17.4 Å². The number of hydrogen-bond donors (Lipinski definition) is 2. The lowest BCUT2D eigenvalue weighted by Gasteiger charge is -2.12. The van der Waals surface area contributed by atoms with Gasteiger partial charge in [0.1, 0.15) is 11.9 Å². The number of H-pyrrole nitrogens is 1. The van der Waals surface area contributed by atoms with Crippen LogP contribution in [0.1, 0.15) is 18.3 Å². The average Bonchev–Trinajstić information content (AvgIpc) is 2.99. The Morgan fingerprint density at radius 2 is 1.91 bits per heavy atom. The molecular formula is C18H14BrN3. The highest BCUT2D eigenvalue weighted by atomic mass is 79.9. The maximum absolute atomic E-state index is 4.66. The van der Waals surface area contributed by atoms with Crippen molar-refractivity contribution in [2.24, 2.45) is 0 Å². The molecule has 0 fully saturated rings. The minimum absolute atomic E-state index is 0.0114. The van der Waals surface area contributed by atoms with E-state index in [1.807, 2.05) is 0 Å². The summed E-state index contributed by atoms with van der Waals surface area (Å²) >= 11 is 3.47. The molecule has 3 nitrogen and oxygen atoms in total. The van der Waals surface area contributed by atoms with E-state index in [9.17, 15) is 0 Å². The smallest absolute Gasteiger partial charge is 0.136 e. The summed E-state index contributed by atoms with van der Waals surface area (Å²) in [6, 6.07) is 14.6. The second kappa shape index (κ2) is 5.60. The molecule has 0 saturated heterocycles. The Kier molecular flexibility index (Phi) is 3.45. The van der Waals surface area contributed by atoms with Gasteiger partial charge in [-0.25, -0.2) is 4.98 Å². The molecule has 22 heavy (non-hydrogen) atoms. The zero-order chi connectivity index (χ0) is 14.9. The first-order valence-corrected chi connectivity index (χ1v) is 8.06. The Labute approximate surface area is 137 Å². The van der Waals surface area contributed by atoms with Crippen LogP contribution in [0.25, 0.3) is 22.2 Å².